The maximum absolute atomic E-state index is 11.5. The smallest absolute Gasteiger partial charge is 0.253 e. The normalized spacial score (nSPS) is 11.7. The van der Waals surface area contributed by atoms with E-state index in [-0.39, 0.29) is 4.90 Å². The van der Waals surface area contributed by atoms with Gasteiger partial charge in [0.2, 0.25) is 0 Å². The molecule has 0 amide bonds. The lowest BCUT2D eigenvalue weighted by atomic mass is 10.3. The number of hydrazine groups is 1. The Morgan fingerprint density at radius 2 is 1.83 bits per heavy atom. The molecule has 1 aromatic heterocycles. The van der Waals surface area contributed by atoms with Gasteiger partial charge in [-0.3, -0.25) is 5.84 Å². The largest absolute Gasteiger partial charge is 0.257 e. The van der Waals surface area contributed by atoms with Gasteiger partial charge in [-0.15, -0.1) is 0 Å². The van der Waals surface area contributed by atoms with E-state index in [0.717, 1.165) is 17.1 Å². The molecule has 0 aliphatic rings. The number of aryl methyl sites for hydroxylation is 2. The summed E-state index contributed by atoms with van der Waals surface area (Å²) in [5.74, 6) is 4.96. The summed E-state index contributed by atoms with van der Waals surface area (Å²) in [5, 5.41) is 4.32. The first-order valence-corrected chi connectivity index (χ1v) is 6.78. The average Bonchev–Trinajstić information content (AvgIpc) is 2.69. The Morgan fingerprint density at radius 3 is 2.28 bits per heavy atom. The molecule has 0 saturated carbocycles. The molecule has 1 aromatic carbocycles. The predicted octanol–water partition coefficient (Wildman–Crippen LogP) is 0.641. The topological polar surface area (TPSA) is 90.0 Å². The molecule has 0 aliphatic carbocycles. The molecule has 3 N–H and O–H groups in total. The van der Waals surface area contributed by atoms with E-state index in [1.54, 1.807) is 21.6 Å². The first kappa shape index (κ1) is 12.7. The van der Waals surface area contributed by atoms with Gasteiger partial charge in [0, 0.05) is 5.69 Å². The van der Waals surface area contributed by atoms with Crippen LogP contribution >= 0.6 is 0 Å². The summed E-state index contributed by atoms with van der Waals surface area (Å²) in [5.41, 5.74) is 2.70. The van der Waals surface area contributed by atoms with E-state index in [4.69, 9.17) is 5.84 Å². The maximum Gasteiger partial charge on any atom is 0.253 e. The predicted molar refractivity (Wildman–Crippen MR) is 67.5 cm³/mol. The second-order valence-corrected chi connectivity index (χ2v) is 5.67. The molecule has 18 heavy (non-hydrogen) atoms. The molecule has 1 heterocycles. The van der Waals surface area contributed by atoms with Crippen LogP contribution in [0.3, 0.4) is 0 Å². The number of sulfonamides is 1. The molecule has 0 spiro atoms. The molecule has 0 atom stereocenters. The van der Waals surface area contributed by atoms with Crippen molar-refractivity contribution in [2.24, 2.45) is 5.84 Å². The zero-order chi connectivity index (χ0) is 13.3. The summed E-state index contributed by atoms with van der Waals surface area (Å²) in [7, 11) is -3.60. The number of nitrogens with one attached hydrogen (secondary N) is 1. The molecule has 7 heteroatoms. The van der Waals surface area contributed by atoms with Crippen LogP contribution < -0.4 is 10.7 Å². The fraction of sp³-hybridized carbons (Fsp3) is 0.182. The van der Waals surface area contributed by atoms with Gasteiger partial charge in [0.25, 0.3) is 10.0 Å². The molecule has 2 rings (SSSR count). The van der Waals surface area contributed by atoms with Gasteiger partial charge in [-0.2, -0.15) is 9.93 Å². The number of hydrogen-bond acceptors (Lipinski definition) is 4. The Kier molecular flexibility index (Phi) is 3.20. The van der Waals surface area contributed by atoms with Gasteiger partial charge in [0.05, 0.1) is 16.3 Å². The van der Waals surface area contributed by atoms with E-state index in [2.05, 4.69) is 5.10 Å². The standard InChI is InChI=1S/C11H14N4O2S/c1-8-7-9(2)15(13-8)10-3-5-11(6-4-10)18(16,17)14-12/h3-7,14H,12H2,1-2H3. The highest BCUT2D eigenvalue weighted by Crippen LogP contribution is 2.15. The van der Waals surface area contributed by atoms with Gasteiger partial charge in [-0.25, -0.2) is 13.1 Å². The Bertz CT molecular complexity index is 659. The zero-order valence-corrected chi connectivity index (χ0v) is 10.9. The lowest BCUT2D eigenvalue weighted by Gasteiger charge is -2.06. The Labute approximate surface area is 105 Å². The summed E-state index contributed by atoms with van der Waals surface area (Å²) in [6, 6.07) is 8.29. The summed E-state index contributed by atoms with van der Waals surface area (Å²) < 4.78 is 24.7. The lowest BCUT2D eigenvalue weighted by Crippen LogP contribution is -2.30. The first-order chi connectivity index (χ1) is 8.44. The minimum atomic E-state index is -3.60. The van der Waals surface area contributed by atoms with E-state index < -0.39 is 10.0 Å². The van der Waals surface area contributed by atoms with Gasteiger partial charge in [-0.1, -0.05) is 0 Å². The van der Waals surface area contributed by atoms with Gasteiger partial charge in [0.1, 0.15) is 0 Å². The van der Waals surface area contributed by atoms with Crippen LogP contribution in [0.25, 0.3) is 5.69 Å². The van der Waals surface area contributed by atoms with Crippen molar-refractivity contribution >= 4 is 10.0 Å². The van der Waals surface area contributed by atoms with Crippen molar-refractivity contribution in [2.45, 2.75) is 18.7 Å². The molecule has 6 nitrogen and oxygen atoms in total. The number of aromatic nitrogens is 2. The molecule has 0 unspecified atom stereocenters. The lowest BCUT2D eigenvalue weighted by molar-refractivity contribution is 0.584. The molecule has 0 fully saturated rings. The minimum absolute atomic E-state index is 0.121. The first-order valence-electron chi connectivity index (χ1n) is 5.30. The Hall–Kier alpha value is -1.70. The van der Waals surface area contributed by atoms with Crippen LogP contribution in [-0.4, -0.2) is 18.2 Å². The second kappa shape index (κ2) is 4.52. The number of nitrogens with zero attached hydrogens (tertiary/aromatic N) is 2. The van der Waals surface area contributed by atoms with E-state index in [1.807, 2.05) is 19.9 Å². The zero-order valence-electron chi connectivity index (χ0n) is 10.1. The van der Waals surface area contributed by atoms with E-state index in [1.165, 1.54) is 12.1 Å². The Morgan fingerprint density at radius 1 is 1.22 bits per heavy atom. The molecule has 96 valence electrons. The molecule has 0 saturated heterocycles. The van der Waals surface area contributed by atoms with Crippen molar-refractivity contribution in [3.05, 3.63) is 41.7 Å². The summed E-state index contributed by atoms with van der Waals surface area (Å²) >= 11 is 0. The number of hydrogen-bond donors (Lipinski definition) is 2. The summed E-state index contributed by atoms with van der Waals surface area (Å²) in [4.78, 5) is 1.90. The number of rotatable bonds is 3. The fourth-order valence-electron chi connectivity index (χ4n) is 1.72. The van der Waals surface area contributed by atoms with Crippen molar-refractivity contribution in [2.75, 3.05) is 0 Å². The third-order valence-corrected chi connectivity index (χ3v) is 3.76. The van der Waals surface area contributed by atoms with Crippen molar-refractivity contribution < 1.29 is 8.42 Å². The van der Waals surface area contributed by atoms with Gasteiger partial charge >= 0.3 is 0 Å². The van der Waals surface area contributed by atoms with E-state index >= 15 is 0 Å². The highest BCUT2D eigenvalue weighted by molar-refractivity contribution is 7.89. The van der Waals surface area contributed by atoms with Crippen LogP contribution in [0.15, 0.2) is 35.2 Å². The van der Waals surface area contributed by atoms with Crippen LogP contribution in [-0.2, 0) is 10.0 Å². The maximum atomic E-state index is 11.5. The average molecular weight is 266 g/mol. The number of nitrogens with two attached hydrogens (primary N) is 1. The van der Waals surface area contributed by atoms with Gasteiger partial charge < -0.3 is 0 Å². The molecule has 0 radical (unpaired) electrons. The third-order valence-electron chi connectivity index (χ3n) is 2.56. The SMILES string of the molecule is Cc1cc(C)n(-c2ccc(S(=O)(=O)NN)cc2)n1. The monoisotopic (exact) mass is 266 g/mol. The molecule has 0 bridgehead atoms. The van der Waals surface area contributed by atoms with Crippen LogP contribution in [0.2, 0.25) is 0 Å². The van der Waals surface area contributed by atoms with E-state index in [9.17, 15) is 8.42 Å². The van der Waals surface area contributed by atoms with Gasteiger partial charge in [-0.05, 0) is 44.2 Å². The quantitative estimate of drug-likeness (QED) is 0.630. The van der Waals surface area contributed by atoms with Crippen molar-refractivity contribution in [3.63, 3.8) is 0 Å². The summed E-state index contributed by atoms with van der Waals surface area (Å²) in [6.45, 7) is 3.84. The molecule has 2 aromatic rings. The van der Waals surface area contributed by atoms with E-state index in [0.29, 0.717) is 0 Å². The van der Waals surface area contributed by atoms with Crippen LogP contribution in [0, 0.1) is 13.8 Å². The fourth-order valence-corrected chi connectivity index (χ4v) is 2.36. The molecule has 0 aliphatic heterocycles. The van der Waals surface area contributed by atoms with Gasteiger partial charge in [0.15, 0.2) is 0 Å². The second-order valence-electron chi connectivity index (χ2n) is 3.95. The van der Waals surface area contributed by atoms with Crippen molar-refractivity contribution in [1.29, 1.82) is 0 Å². The molecular weight excluding hydrogens is 252 g/mol. The van der Waals surface area contributed by atoms with Crippen LogP contribution in [0.1, 0.15) is 11.4 Å². The van der Waals surface area contributed by atoms with Crippen LogP contribution in [0.5, 0.6) is 0 Å². The molecular formula is C11H14N4O2S. The van der Waals surface area contributed by atoms with Crippen LogP contribution in [0.4, 0.5) is 0 Å². The van der Waals surface area contributed by atoms with Crippen molar-refractivity contribution in [3.8, 4) is 5.69 Å². The summed E-state index contributed by atoms with van der Waals surface area (Å²) in [6.07, 6.45) is 0. The van der Waals surface area contributed by atoms with Crippen molar-refractivity contribution in [1.82, 2.24) is 14.6 Å². The highest BCUT2D eigenvalue weighted by Gasteiger charge is 2.11. The Balaban J connectivity index is 2.42. The third kappa shape index (κ3) is 2.28. The minimum Gasteiger partial charge on any atom is -0.257 e. The number of benzene rings is 1. The highest BCUT2D eigenvalue weighted by atomic mass is 32.2.